The number of hydrogen-bond acceptors (Lipinski definition) is 5. The number of allylic oxidation sites excluding steroid dienone is 1. The molecule has 0 spiro atoms. The van der Waals surface area contributed by atoms with Gasteiger partial charge in [0.15, 0.2) is 0 Å². The molecule has 0 fully saturated rings. The number of amides is 2. The van der Waals surface area contributed by atoms with E-state index in [0.29, 0.717) is 10.9 Å². The lowest BCUT2D eigenvalue weighted by molar-refractivity contribution is -0.385. The number of aromatic nitrogens is 2. The number of carbonyl (C=O) groups is 2. The predicted octanol–water partition coefficient (Wildman–Crippen LogP) is 3.27. The van der Waals surface area contributed by atoms with Crippen LogP contribution in [0.1, 0.15) is 24.8 Å². The molecule has 158 valence electrons. The van der Waals surface area contributed by atoms with E-state index in [1.54, 1.807) is 0 Å². The normalized spacial score (nSPS) is 16.4. The van der Waals surface area contributed by atoms with Crippen molar-refractivity contribution in [2.75, 3.05) is 5.32 Å². The van der Waals surface area contributed by atoms with E-state index in [-0.39, 0.29) is 34.6 Å². The van der Waals surface area contributed by atoms with E-state index < -0.39 is 34.3 Å². The molecule has 2 aromatic carbocycles. The van der Waals surface area contributed by atoms with Gasteiger partial charge in [0.2, 0.25) is 5.91 Å². The number of nitro benzene ring substituents is 1. The van der Waals surface area contributed by atoms with Crippen LogP contribution in [0.25, 0.3) is 10.9 Å². The summed E-state index contributed by atoms with van der Waals surface area (Å²) in [6.07, 6.45) is 1.15. The molecule has 1 unspecified atom stereocenters. The van der Waals surface area contributed by atoms with E-state index in [2.05, 4.69) is 20.8 Å². The van der Waals surface area contributed by atoms with Gasteiger partial charge in [0.1, 0.15) is 11.6 Å². The van der Waals surface area contributed by atoms with Crippen LogP contribution in [-0.2, 0) is 9.59 Å². The summed E-state index contributed by atoms with van der Waals surface area (Å²) >= 11 is 0. The Morgan fingerprint density at radius 1 is 1.26 bits per heavy atom. The predicted molar refractivity (Wildman–Crippen MR) is 106 cm³/mol. The SMILES string of the molecule is CC1=C(C(=O)Nc2cc3cn[nH]c3cc2F)C(c2cc([N+](=O)[O-])ccc2F)CC(=O)N1. The van der Waals surface area contributed by atoms with Gasteiger partial charge < -0.3 is 10.6 Å². The number of hydrogen-bond donors (Lipinski definition) is 3. The molecule has 9 nitrogen and oxygen atoms in total. The number of nitrogens with one attached hydrogen (secondary N) is 3. The summed E-state index contributed by atoms with van der Waals surface area (Å²) in [5.74, 6) is -3.85. The molecule has 0 saturated carbocycles. The van der Waals surface area contributed by atoms with Gasteiger partial charge in [0, 0.05) is 52.8 Å². The largest absolute Gasteiger partial charge is 0.330 e. The first kappa shape index (κ1) is 20.1. The highest BCUT2D eigenvalue weighted by Crippen LogP contribution is 2.36. The molecule has 0 bridgehead atoms. The van der Waals surface area contributed by atoms with Crippen molar-refractivity contribution >= 4 is 34.1 Å². The van der Waals surface area contributed by atoms with E-state index in [9.17, 15) is 28.5 Å². The van der Waals surface area contributed by atoms with Crippen LogP contribution in [0.15, 0.2) is 47.8 Å². The van der Waals surface area contributed by atoms with Crippen molar-refractivity contribution < 1.29 is 23.3 Å². The fourth-order valence-electron chi connectivity index (χ4n) is 3.63. The zero-order valence-corrected chi connectivity index (χ0v) is 16.0. The molecule has 0 aliphatic carbocycles. The molecular formula is C20H15F2N5O4. The standard InChI is InChI=1S/C20H15F2N5O4/c1-9-19(20(29)25-17-4-10-8-23-26-16(10)7-15(17)22)13(6-18(28)24-9)12-5-11(27(30)31)2-3-14(12)21/h2-5,7-8,13H,6H2,1H3,(H,23,26)(H,24,28)(H,25,29). The average molecular weight is 427 g/mol. The van der Waals surface area contributed by atoms with Crippen molar-refractivity contribution in [1.82, 2.24) is 15.5 Å². The van der Waals surface area contributed by atoms with Gasteiger partial charge in [-0.1, -0.05) is 0 Å². The molecule has 4 rings (SSSR count). The van der Waals surface area contributed by atoms with Crippen molar-refractivity contribution in [3.63, 3.8) is 0 Å². The first-order valence-corrected chi connectivity index (χ1v) is 9.13. The molecule has 3 aromatic rings. The molecule has 0 radical (unpaired) electrons. The molecule has 11 heteroatoms. The van der Waals surface area contributed by atoms with E-state index in [4.69, 9.17) is 0 Å². The van der Waals surface area contributed by atoms with Crippen LogP contribution < -0.4 is 10.6 Å². The lowest BCUT2D eigenvalue weighted by atomic mass is 9.83. The Hall–Kier alpha value is -4.15. The minimum Gasteiger partial charge on any atom is -0.330 e. The Kier molecular flexibility index (Phi) is 4.93. The number of benzene rings is 2. The number of H-pyrrole nitrogens is 1. The number of nitro groups is 1. The zero-order chi connectivity index (χ0) is 22.3. The highest BCUT2D eigenvalue weighted by atomic mass is 19.1. The Morgan fingerprint density at radius 2 is 2.03 bits per heavy atom. The van der Waals surface area contributed by atoms with Crippen molar-refractivity contribution in [2.45, 2.75) is 19.3 Å². The van der Waals surface area contributed by atoms with E-state index in [0.717, 1.165) is 18.2 Å². The highest BCUT2D eigenvalue weighted by Gasteiger charge is 2.34. The average Bonchev–Trinajstić information content (AvgIpc) is 3.14. The highest BCUT2D eigenvalue weighted by molar-refractivity contribution is 6.07. The summed E-state index contributed by atoms with van der Waals surface area (Å²) < 4.78 is 29.0. The molecule has 2 heterocycles. The summed E-state index contributed by atoms with van der Waals surface area (Å²) in [5.41, 5.74) is -0.113. The molecular weight excluding hydrogens is 412 g/mol. The monoisotopic (exact) mass is 427 g/mol. The maximum atomic E-state index is 14.6. The third-order valence-corrected chi connectivity index (χ3v) is 5.06. The van der Waals surface area contributed by atoms with Gasteiger partial charge in [-0.15, -0.1) is 0 Å². The molecule has 1 aliphatic heterocycles. The van der Waals surface area contributed by atoms with Gasteiger partial charge in [-0.2, -0.15) is 5.10 Å². The second-order valence-corrected chi connectivity index (χ2v) is 7.05. The molecule has 2 amide bonds. The Balaban J connectivity index is 1.75. The maximum Gasteiger partial charge on any atom is 0.269 e. The maximum absolute atomic E-state index is 14.6. The smallest absolute Gasteiger partial charge is 0.269 e. The van der Waals surface area contributed by atoms with Crippen LogP contribution >= 0.6 is 0 Å². The first-order valence-electron chi connectivity index (χ1n) is 9.13. The lowest BCUT2D eigenvalue weighted by Crippen LogP contribution is -2.35. The van der Waals surface area contributed by atoms with E-state index in [1.807, 2.05) is 0 Å². The second-order valence-electron chi connectivity index (χ2n) is 7.05. The summed E-state index contributed by atoms with van der Waals surface area (Å²) in [6.45, 7) is 1.45. The fourth-order valence-corrected chi connectivity index (χ4v) is 3.63. The molecule has 0 saturated heterocycles. The Labute approximate surface area is 173 Å². The lowest BCUT2D eigenvalue weighted by Gasteiger charge is -2.27. The molecule has 1 atom stereocenters. The van der Waals surface area contributed by atoms with Gasteiger partial charge >= 0.3 is 0 Å². The van der Waals surface area contributed by atoms with Crippen molar-refractivity contribution in [1.29, 1.82) is 0 Å². The fraction of sp³-hybridized carbons (Fsp3) is 0.150. The molecule has 1 aliphatic rings. The molecule has 31 heavy (non-hydrogen) atoms. The minimum absolute atomic E-state index is 0.0225. The summed E-state index contributed by atoms with van der Waals surface area (Å²) in [6, 6.07) is 5.45. The van der Waals surface area contributed by atoms with Crippen molar-refractivity contribution in [2.24, 2.45) is 0 Å². The third kappa shape index (κ3) is 3.72. The number of halogens is 2. The zero-order valence-electron chi connectivity index (χ0n) is 16.0. The van der Waals surface area contributed by atoms with Gasteiger partial charge in [-0.25, -0.2) is 8.78 Å². The summed E-state index contributed by atoms with van der Waals surface area (Å²) in [5, 5.41) is 23.0. The van der Waals surface area contributed by atoms with Gasteiger partial charge in [0.25, 0.3) is 11.6 Å². The molecule has 1 aromatic heterocycles. The number of anilines is 1. The number of aromatic amines is 1. The van der Waals surface area contributed by atoms with E-state index in [1.165, 1.54) is 25.3 Å². The quantitative estimate of drug-likeness (QED) is 0.435. The first-order chi connectivity index (χ1) is 14.7. The van der Waals surface area contributed by atoms with Gasteiger partial charge in [-0.05, 0) is 19.1 Å². The van der Waals surface area contributed by atoms with Crippen LogP contribution in [0.3, 0.4) is 0 Å². The topological polar surface area (TPSA) is 130 Å². The van der Waals surface area contributed by atoms with Crippen LogP contribution in [-0.4, -0.2) is 26.9 Å². The van der Waals surface area contributed by atoms with Crippen molar-refractivity contribution in [3.05, 3.63) is 75.1 Å². The Morgan fingerprint density at radius 3 is 2.77 bits per heavy atom. The molecule has 3 N–H and O–H groups in total. The summed E-state index contributed by atoms with van der Waals surface area (Å²) in [4.78, 5) is 35.6. The van der Waals surface area contributed by atoms with Crippen LogP contribution in [0.2, 0.25) is 0 Å². The van der Waals surface area contributed by atoms with Crippen LogP contribution in [0, 0.1) is 21.7 Å². The third-order valence-electron chi connectivity index (χ3n) is 5.06. The number of non-ortho nitro benzene ring substituents is 1. The van der Waals surface area contributed by atoms with Crippen molar-refractivity contribution in [3.8, 4) is 0 Å². The van der Waals surface area contributed by atoms with Crippen LogP contribution in [0.5, 0.6) is 0 Å². The van der Waals surface area contributed by atoms with Gasteiger partial charge in [-0.3, -0.25) is 24.8 Å². The van der Waals surface area contributed by atoms with Crippen LogP contribution in [0.4, 0.5) is 20.2 Å². The van der Waals surface area contributed by atoms with Gasteiger partial charge in [0.05, 0.1) is 22.3 Å². The number of rotatable bonds is 4. The Bertz CT molecular complexity index is 1280. The second kappa shape index (κ2) is 7.59. The summed E-state index contributed by atoms with van der Waals surface area (Å²) in [7, 11) is 0. The number of nitrogens with zero attached hydrogens (tertiary/aromatic N) is 2. The number of carbonyl (C=O) groups excluding carboxylic acids is 2. The minimum atomic E-state index is -1.09. The van der Waals surface area contributed by atoms with E-state index >= 15 is 0 Å². The number of fused-ring (bicyclic) bond motifs is 1.